The predicted molar refractivity (Wildman–Crippen MR) is 82.4 cm³/mol. The van der Waals surface area contributed by atoms with Crippen molar-refractivity contribution in [2.24, 2.45) is 0 Å². The molecule has 0 amide bonds. The summed E-state index contributed by atoms with van der Waals surface area (Å²) in [5, 5.41) is 3.92. The van der Waals surface area contributed by atoms with E-state index in [-0.39, 0.29) is 5.82 Å². The molecule has 1 aliphatic heterocycles. The Morgan fingerprint density at radius 1 is 1.26 bits per heavy atom. The number of thioether (sulfide) groups is 1. The number of benzene rings is 2. The van der Waals surface area contributed by atoms with Crippen LogP contribution in [0.1, 0.15) is 5.56 Å². The number of hydrogen-bond donors (Lipinski definition) is 1. The molecular formula is C15H13BrFNS. The van der Waals surface area contributed by atoms with Crippen LogP contribution in [0.15, 0.2) is 51.8 Å². The Morgan fingerprint density at radius 3 is 2.89 bits per heavy atom. The number of rotatable bonds is 3. The minimum atomic E-state index is -0.222. The minimum absolute atomic E-state index is 0.222. The first-order valence-corrected chi connectivity index (χ1v) is 7.83. The smallest absolute Gasteiger partial charge is 0.124 e. The average Bonchev–Trinajstić information content (AvgIpc) is 2.80. The second kappa shape index (κ2) is 5.55. The van der Waals surface area contributed by atoms with E-state index in [9.17, 15) is 4.39 Å². The van der Waals surface area contributed by atoms with Gasteiger partial charge in [0.25, 0.3) is 0 Å². The number of anilines is 1. The van der Waals surface area contributed by atoms with Crippen molar-refractivity contribution in [2.75, 3.05) is 11.9 Å². The fourth-order valence-electron chi connectivity index (χ4n) is 2.22. The van der Waals surface area contributed by atoms with Gasteiger partial charge >= 0.3 is 0 Å². The predicted octanol–water partition coefficient (Wildman–Crippen LogP) is 4.72. The maximum absolute atomic E-state index is 13.0. The van der Waals surface area contributed by atoms with Crippen LogP contribution in [0.2, 0.25) is 0 Å². The third-order valence-corrected chi connectivity index (χ3v) is 5.14. The van der Waals surface area contributed by atoms with Gasteiger partial charge in [0.2, 0.25) is 0 Å². The quantitative estimate of drug-likeness (QED) is 0.869. The molecule has 3 rings (SSSR count). The average molecular weight is 338 g/mol. The van der Waals surface area contributed by atoms with Crippen LogP contribution in [-0.4, -0.2) is 11.8 Å². The monoisotopic (exact) mass is 337 g/mol. The van der Waals surface area contributed by atoms with E-state index in [1.54, 1.807) is 6.07 Å². The van der Waals surface area contributed by atoms with E-state index < -0.39 is 0 Å². The number of fused-ring (bicyclic) bond motifs is 1. The maximum atomic E-state index is 13.0. The van der Waals surface area contributed by atoms with Crippen LogP contribution in [0.5, 0.6) is 0 Å². The highest BCUT2D eigenvalue weighted by Crippen LogP contribution is 2.37. The highest BCUT2D eigenvalue weighted by Gasteiger charge is 2.21. The molecule has 98 valence electrons. The van der Waals surface area contributed by atoms with Crippen molar-refractivity contribution in [3.8, 4) is 0 Å². The number of nitrogens with one attached hydrogen (secondary N) is 1. The summed E-state index contributed by atoms with van der Waals surface area (Å²) in [5.41, 5.74) is 2.37. The summed E-state index contributed by atoms with van der Waals surface area (Å²) in [5.74, 6) is -0.222. The summed E-state index contributed by atoms with van der Waals surface area (Å²) in [6, 6.07) is 13.3. The first-order valence-electron chi connectivity index (χ1n) is 6.16. The fraction of sp³-hybridized carbons (Fsp3) is 0.200. The molecule has 19 heavy (non-hydrogen) atoms. The molecule has 1 N–H and O–H groups in total. The molecule has 1 unspecified atom stereocenters. The van der Waals surface area contributed by atoms with Gasteiger partial charge in [-0.05, 0) is 52.2 Å². The topological polar surface area (TPSA) is 12.0 Å². The van der Waals surface area contributed by atoms with Crippen molar-refractivity contribution >= 4 is 33.4 Å². The lowest BCUT2D eigenvalue weighted by Gasteiger charge is -2.12. The van der Waals surface area contributed by atoms with Crippen molar-refractivity contribution in [2.45, 2.75) is 16.6 Å². The zero-order valence-corrected chi connectivity index (χ0v) is 12.6. The van der Waals surface area contributed by atoms with Gasteiger partial charge in [0.1, 0.15) is 5.82 Å². The van der Waals surface area contributed by atoms with E-state index in [2.05, 4.69) is 45.5 Å². The Balaban J connectivity index is 1.63. The highest BCUT2D eigenvalue weighted by atomic mass is 79.9. The van der Waals surface area contributed by atoms with Crippen LogP contribution in [-0.2, 0) is 6.42 Å². The fourth-order valence-corrected chi connectivity index (χ4v) is 3.96. The molecule has 2 aromatic carbocycles. The Labute approximate surface area is 124 Å². The van der Waals surface area contributed by atoms with Crippen LogP contribution < -0.4 is 5.32 Å². The number of halogens is 2. The third kappa shape index (κ3) is 2.95. The largest absolute Gasteiger partial charge is 0.383 e. The van der Waals surface area contributed by atoms with Gasteiger partial charge in [0, 0.05) is 26.9 Å². The molecule has 0 aliphatic carbocycles. The Hall–Kier alpha value is -1.000. The lowest BCUT2D eigenvalue weighted by molar-refractivity contribution is 0.627. The summed E-state index contributed by atoms with van der Waals surface area (Å²) >= 11 is 5.29. The van der Waals surface area contributed by atoms with Gasteiger partial charge in [-0.1, -0.05) is 18.2 Å². The summed E-state index contributed by atoms with van der Waals surface area (Å²) < 4.78 is 13.8. The summed E-state index contributed by atoms with van der Waals surface area (Å²) in [6.45, 7) is 0.879. The van der Waals surface area contributed by atoms with Crippen molar-refractivity contribution in [3.63, 3.8) is 0 Å². The van der Waals surface area contributed by atoms with E-state index >= 15 is 0 Å². The van der Waals surface area contributed by atoms with E-state index in [0.29, 0.717) is 5.25 Å². The standard InChI is InChI=1S/C15H13BrFNS/c16-13-8-11(17)5-6-14(13)18-9-12-7-10-3-1-2-4-15(10)19-12/h1-6,8,12,18H,7,9H2. The molecular weight excluding hydrogens is 325 g/mol. The Bertz CT molecular complexity index is 577. The van der Waals surface area contributed by atoms with Crippen LogP contribution in [0.4, 0.5) is 10.1 Å². The second-order valence-electron chi connectivity index (χ2n) is 4.56. The molecule has 4 heteroatoms. The Morgan fingerprint density at radius 2 is 2.11 bits per heavy atom. The van der Waals surface area contributed by atoms with E-state index in [0.717, 1.165) is 23.1 Å². The van der Waals surface area contributed by atoms with E-state index in [1.165, 1.54) is 22.6 Å². The van der Waals surface area contributed by atoms with Gasteiger partial charge in [0.05, 0.1) is 0 Å². The first-order chi connectivity index (χ1) is 9.22. The molecule has 1 nitrogen and oxygen atoms in total. The van der Waals surface area contributed by atoms with E-state index in [4.69, 9.17) is 0 Å². The van der Waals surface area contributed by atoms with Crippen molar-refractivity contribution < 1.29 is 4.39 Å². The number of hydrogen-bond acceptors (Lipinski definition) is 2. The van der Waals surface area contributed by atoms with Crippen molar-refractivity contribution in [1.29, 1.82) is 0 Å². The molecule has 0 saturated carbocycles. The summed E-state index contributed by atoms with van der Waals surface area (Å²) in [4.78, 5) is 1.38. The second-order valence-corrected chi connectivity index (χ2v) is 6.75. The lowest BCUT2D eigenvalue weighted by atomic mass is 10.1. The minimum Gasteiger partial charge on any atom is -0.383 e. The lowest BCUT2D eigenvalue weighted by Crippen LogP contribution is -2.16. The Kier molecular flexibility index (Phi) is 3.80. The van der Waals surface area contributed by atoms with Crippen molar-refractivity contribution in [1.82, 2.24) is 0 Å². The molecule has 0 aromatic heterocycles. The summed E-state index contributed by atoms with van der Waals surface area (Å²) in [6.07, 6.45) is 1.09. The zero-order chi connectivity index (χ0) is 13.2. The molecule has 0 saturated heterocycles. The van der Waals surface area contributed by atoms with Gasteiger partial charge in [-0.25, -0.2) is 4.39 Å². The highest BCUT2D eigenvalue weighted by molar-refractivity contribution is 9.10. The van der Waals surface area contributed by atoms with Gasteiger partial charge in [-0.2, -0.15) is 0 Å². The molecule has 1 aliphatic rings. The molecule has 0 fully saturated rings. The van der Waals surface area contributed by atoms with E-state index in [1.807, 2.05) is 11.8 Å². The van der Waals surface area contributed by atoms with Crippen LogP contribution >= 0.6 is 27.7 Å². The van der Waals surface area contributed by atoms with Crippen LogP contribution in [0, 0.1) is 5.82 Å². The molecule has 0 radical (unpaired) electrons. The van der Waals surface area contributed by atoms with Gasteiger partial charge in [-0.15, -0.1) is 11.8 Å². The molecule has 0 bridgehead atoms. The van der Waals surface area contributed by atoms with Gasteiger partial charge < -0.3 is 5.32 Å². The zero-order valence-electron chi connectivity index (χ0n) is 10.2. The van der Waals surface area contributed by atoms with Gasteiger partial charge in [-0.3, -0.25) is 0 Å². The molecule has 0 spiro atoms. The molecule has 1 heterocycles. The van der Waals surface area contributed by atoms with Crippen molar-refractivity contribution in [3.05, 3.63) is 58.3 Å². The summed E-state index contributed by atoms with van der Waals surface area (Å²) in [7, 11) is 0. The molecule has 2 aromatic rings. The SMILES string of the molecule is Fc1ccc(NCC2Cc3ccccc3S2)c(Br)c1. The van der Waals surface area contributed by atoms with Gasteiger partial charge in [0.15, 0.2) is 0 Å². The van der Waals surface area contributed by atoms with Crippen LogP contribution in [0.25, 0.3) is 0 Å². The third-order valence-electron chi connectivity index (χ3n) is 3.17. The van der Waals surface area contributed by atoms with Crippen LogP contribution in [0.3, 0.4) is 0 Å². The first kappa shape index (κ1) is 13.0. The maximum Gasteiger partial charge on any atom is 0.124 e. The molecule has 1 atom stereocenters. The normalized spacial score (nSPS) is 17.3.